The lowest BCUT2D eigenvalue weighted by Gasteiger charge is -2.13. The van der Waals surface area contributed by atoms with Crippen LogP contribution < -0.4 is 5.32 Å². The van der Waals surface area contributed by atoms with Gasteiger partial charge in [-0.25, -0.2) is 9.50 Å². The molecule has 144 valence electrons. The minimum Gasteiger partial charge on any atom is -0.383 e. The summed E-state index contributed by atoms with van der Waals surface area (Å²) in [6.07, 6.45) is 3.58. The van der Waals surface area contributed by atoms with Gasteiger partial charge < -0.3 is 5.32 Å². The lowest BCUT2D eigenvalue weighted by molar-refractivity contribution is 0.871. The van der Waals surface area contributed by atoms with Crippen LogP contribution in [0.3, 0.4) is 0 Å². The van der Waals surface area contributed by atoms with Gasteiger partial charge >= 0.3 is 0 Å². The van der Waals surface area contributed by atoms with Crippen molar-refractivity contribution in [2.45, 2.75) is 46.6 Å². The Morgan fingerprint density at radius 1 is 1.07 bits per heavy atom. The van der Waals surface area contributed by atoms with Crippen molar-refractivity contribution in [3.63, 3.8) is 0 Å². The van der Waals surface area contributed by atoms with Gasteiger partial charge in [0.15, 0.2) is 5.65 Å². The van der Waals surface area contributed by atoms with Gasteiger partial charge in [0.05, 0.1) is 11.4 Å². The van der Waals surface area contributed by atoms with Crippen LogP contribution in [0.15, 0.2) is 42.9 Å². The smallest absolute Gasteiger partial charge is 0.158 e. The average molecular weight is 374 g/mol. The van der Waals surface area contributed by atoms with Crippen molar-refractivity contribution >= 4 is 11.3 Å². The molecule has 6 nitrogen and oxygen atoms in total. The highest BCUT2D eigenvalue weighted by Gasteiger charge is 2.20. The zero-order chi connectivity index (χ0) is 19.8. The third kappa shape index (κ3) is 3.26. The summed E-state index contributed by atoms with van der Waals surface area (Å²) >= 11 is 0. The molecule has 0 aliphatic rings. The predicted octanol–water partition coefficient (Wildman–Crippen LogP) is 5.04. The fraction of sp³-hybridized carbons (Fsp3) is 0.318. The Balaban J connectivity index is 1.84. The van der Waals surface area contributed by atoms with Gasteiger partial charge in [0, 0.05) is 34.6 Å². The Morgan fingerprint density at radius 2 is 1.89 bits per heavy atom. The molecule has 28 heavy (non-hydrogen) atoms. The molecular formula is C22H26N6. The van der Waals surface area contributed by atoms with E-state index in [0.29, 0.717) is 12.0 Å². The molecule has 4 aromatic rings. The topological polar surface area (TPSA) is 70.9 Å². The van der Waals surface area contributed by atoms with Gasteiger partial charge in [0.25, 0.3) is 0 Å². The normalized spacial score (nSPS) is 11.7. The second kappa shape index (κ2) is 7.11. The molecule has 0 spiro atoms. The fourth-order valence-corrected chi connectivity index (χ4v) is 3.67. The summed E-state index contributed by atoms with van der Waals surface area (Å²) < 4.78 is 1.82. The summed E-state index contributed by atoms with van der Waals surface area (Å²) in [4.78, 5) is 4.31. The SMILES string of the molecule is Cc1cc(-c2n[nH]c(-c3cccc(NC(C)C)c3)c2C(C)C)cn2ncnc12. The van der Waals surface area contributed by atoms with Crippen molar-refractivity contribution in [2.75, 3.05) is 5.32 Å². The van der Waals surface area contributed by atoms with E-state index in [9.17, 15) is 0 Å². The van der Waals surface area contributed by atoms with Crippen LogP contribution in [-0.2, 0) is 0 Å². The first-order valence-corrected chi connectivity index (χ1v) is 9.69. The number of aryl methyl sites for hydroxylation is 1. The number of rotatable bonds is 5. The number of aromatic amines is 1. The zero-order valence-electron chi connectivity index (χ0n) is 17.0. The number of H-pyrrole nitrogens is 1. The summed E-state index contributed by atoms with van der Waals surface area (Å²) in [5.41, 5.74) is 8.47. The summed E-state index contributed by atoms with van der Waals surface area (Å²) in [5, 5.41) is 15.8. The predicted molar refractivity (Wildman–Crippen MR) is 114 cm³/mol. The third-order valence-corrected chi connectivity index (χ3v) is 4.82. The molecule has 0 fully saturated rings. The molecule has 3 heterocycles. The molecular weight excluding hydrogens is 348 g/mol. The molecule has 0 radical (unpaired) electrons. The molecule has 0 unspecified atom stereocenters. The van der Waals surface area contributed by atoms with Crippen molar-refractivity contribution in [2.24, 2.45) is 0 Å². The summed E-state index contributed by atoms with van der Waals surface area (Å²) in [5.74, 6) is 0.317. The highest BCUT2D eigenvalue weighted by atomic mass is 15.3. The number of pyridine rings is 1. The van der Waals surface area contributed by atoms with E-state index in [1.54, 1.807) is 6.33 Å². The van der Waals surface area contributed by atoms with Crippen LogP contribution in [0, 0.1) is 6.92 Å². The van der Waals surface area contributed by atoms with Crippen LogP contribution in [-0.4, -0.2) is 30.8 Å². The van der Waals surface area contributed by atoms with Gasteiger partial charge in [-0.15, -0.1) is 0 Å². The molecule has 0 amide bonds. The van der Waals surface area contributed by atoms with E-state index >= 15 is 0 Å². The molecule has 0 saturated carbocycles. The number of hydrogen-bond donors (Lipinski definition) is 2. The standard InChI is InChI=1S/C22H26N6/c1-13(2)19-20(16-7-6-8-18(10-16)25-14(3)4)26-27-21(19)17-9-15(5)22-23-12-24-28(22)11-17/h6-14,25H,1-5H3,(H,26,27). The van der Waals surface area contributed by atoms with Crippen LogP contribution in [0.5, 0.6) is 0 Å². The minimum atomic E-state index is 0.317. The quantitative estimate of drug-likeness (QED) is 0.513. The first kappa shape index (κ1) is 18.2. The maximum Gasteiger partial charge on any atom is 0.158 e. The highest BCUT2D eigenvalue weighted by molar-refractivity contribution is 5.77. The van der Waals surface area contributed by atoms with E-state index in [-0.39, 0.29) is 0 Å². The Bertz CT molecular complexity index is 1120. The van der Waals surface area contributed by atoms with E-state index in [4.69, 9.17) is 5.10 Å². The van der Waals surface area contributed by atoms with E-state index in [1.165, 1.54) is 5.56 Å². The van der Waals surface area contributed by atoms with Gasteiger partial charge in [-0.05, 0) is 50.5 Å². The Morgan fingerprint density at radius 3 is 2.64 bits per heavy atom. The summed E-state index contributed by atoms with van der Waals surface area (Å²) in [7, 11) is 0. The second-order valence-electron chi connectivity index (χ2n) is 7.84. The summed E-state index contributed by atoms with van der Waals surface area (Å²) in [6, 6.07) is 11.0. The van der Waals surface area contributed by atoms with E-state index in [2.05, 4.69) is 85.4 Å². The van der Waals surface area contributed by atoms with Gasteiger partial charge in [-0.2, -0.15) is 10.2 Å². The molecule has 6 heteroatoms. The molecule has 0 saturated heterocycles. The van der Waals surface area contributed by atoms with E-state index in [1.807, 2.05) is 10.7 Å². The van der Waals surface area contributed by atoms with Crippen molar-refractivity contribution in [3.05, 3.63) is 54.0 Å². The largest absolute Gasteiger partial charge is 0.383 e. The van der Waals surface area contributed by atoms with Crippen molar-refractivity contribution in [3.8, 4) is 22.5 Å². The second-order valence-corrected chi connectivity index (χ2v) is 7.84. The number of benzene rings is 1. The average Bonchev–Trinajstić information content (AvgIpc) is 3.28. The van der Waals surface area contributed by atoms with Gasteiger partial charge in [0.2, 0.25) is 0 Å². The number of nitrogens with one attached hydrogen (secondary N) is 2. The number of fused-ring (bicyclic) bond motifs is 1. The van der Waals surface area contributed by atoms with Gasteiger partial charge in [0.1, 0.15) is 6.33 Å². The van der Waals surface area contributed by atoms with Gasteiger partial charge in [-0.1, -0.05) is 26.0 Å². The minimum absolute atomic E-state index is 0.317. The van der Waals surface area contributed by atoms with Gasteiger partial charge in [-0.3, -0.25) is 5.10 Å². The first-order valence-electron chi connectivity index (χ1n) is 9.69. The Hall–Kier alpha value is -3.15. The van der Waals surface area contributed by atoms with Crippen LogP contribution >= 0.6 is 0 Å². The number of hydrogen-bond acceptors (Lipinski definition) is 4. The molecule has 3 aromatic heterocycles. The van der Waals surface area contributed by atoms with E-state index in [0.717, 1.165) is 39.4 Å². The molecule has 1 aromatic carbocycles. The molecule has 2 N–H and O–H groups in total. The van der Waals surface area contributed by atoms with Crippen LogP contribution in [0.4, 0.5) is 5.69 Å². The summed E-state index contributed by atoms with van der Waals surface area (Å²) in [6.45, 7) is 10.7. The molecule has 0 bridgehead atoms. The molecule has 0 aliphatic carbocycles. The zero-order valence-corrected chi connectivity index (χ0v) is 17.0. The molecule has 4 rings (SSSR count). The fourth-order valence-electron chi connectivity index (χ4n) is 3.67. The molecule has 0 atom stereocenters. The number of anilines is 1. The van der Waals surface area contributed by atoms with Crippen molar-refractivity contribution in [1.29, 1.82) is 0 Å². The van der Waals surface area contributed by atoms with Crippen molar-refractivity contribution in [1.82, 2.24) is 24.8 Å². The maximum absolute atomic E-state index is 4.70. The number of nitrogens with zero attached hydrogens (tertiary/aromatic N) is 4. The Kier molecular flexibility index (Phi) is 4.63. The highest BCUT2D eigenvalue weighted by Crippen LogP contribution is 2.36. The molecule has 0 aliphatic heterocycles. The maximum atomic E-state index is 4.70. The first-order chi connectivity index (χ1) is 13.4. The lowest BCUT2D eigenvalue weighted by Crippen LogP contribution is -2.09. The third-order valence-electron chi connectivity index (χ3n) is 4.82. The van der Waals surface area contributed by atoms with Crippen LogP contribution in [0.1, 0.15) is 44.7 Å². The van der Waals surface area contributed by atoms with Crippen LogP contribution in [0.2, 0.25) is 0 Å². The monoisotopic (exact) mass is 374 g/mol. The van der Waals surface area contributed by atoms with Crippen molar-refractivity contribution < 1.29 is 0 Å². The lowest BCUT2D eigenvalue weighted by atomic mass is 9.94. The Labute approximate surface area is 165 Å². The van der Waals surface area contributed by atoms with Crippen LogP contribution in [0.25, 0.3) is 28.2 Å². The van der Waals surface area contributed by atoms with E-state index < -0.39 is 0 Å². The number of aromatic nitrogens is 5.